The minimum Gasteiger partial charge on any atom is -0.497 e. The van der Waals surface area contributed by atoms with Gasteiger partial charge in [-0.2, -0.15) is 0 Å². The molecule has 2 aliphatic rings. The zero-order valence-electron chi connectivity index (χ0n) is 22.9. The van der Waals surface area contributed by atoms with Crippen LogP contribution in [-0.4, -0.2) is 59.6 Å². The second kappa shape index (κ2) is 12.9. The lowest BCUT2D eigenvalue weighted by Crippen LogP contribution is -2.41. The summed E-state index contributed by atoms with van der Waals surface area (Å²) in [5, 5.41) is 5.93. The van der Waals surface area contributed by atoms with Crippen LogP contribution in [0.25, 0.3) is 0 Å². The van der Waals surface area contributed by atoms with Crippen molar-refractivity contribution in [3.63, 3.8) is 0 Å². The van der Waals surface area contributed by atoms with Gasteiger partial charge in [0.15, 0.2) is 5.17 Å². The van der Waals surface area contributed by atoms with Gasteiger partial charge in [0.2, 0.25) is 11.8 Å². The third-order valence-electron chi connectivity index (χ3n) is 6.61. The Morgan fingerprint density at radius 2 is 1.81 bits per heavy atom. The second-order valence-electron chi connectivity index (χ2n) is 9.40. The van der Waals surface area contributed by atoms with Gasteiger partial charge in [-0.3, -0.25) is 19.4 Å². The summed E-state index contributed by atoms with van der Waals surface area (Å²) in [6, 6.07) is 17.5. The Labute approximate surface area is 246 Å². The Morgan fingerprint density at radius 3 is 2.57 bits per heavy atom. The quantitative estimate of drug-likeness (QED) is 0.364. The van der Waals surface area contributed by atoms with Crippen molar-refractivity contribution in [2.45, 2.75) is 25.4 Å². The van der Waals surface area contributed by atoms with Crippen molar-refractivity contribution >= 4 is 51.9 Å². The summed E-state index contributed by atoms with van der Waals surface area (Å²) in [7, 11) is 3.04. The molecule has 1 atom stereocenters. The molecule has 0 fully saturated rings. The van der Waals surface area contributed by atoms with E-state index in [9.17, 15) is 18.8 Å². The number of aliphatic imine (C=N–C) groups is 2. The van der Waals surface area contributed by atoms with Gasteiger partial charge in [-0.05, 0) is 48.4 Å². The van der Waals surface area contributed by atoms with Crippen molar-refractivity contribution in [2.75, 3.05) is 25.3 Å². The highest BCUT2D eigenvalue weighted by atomic mass is 32.2. The topological polar surface area (TPSA) is 122 Å². The van der Waals surface area contributed by atoms with Crippen LogP contribution in [0.2, 0.25) is 0 Å². The summed E-state index contributed by atoms with van der Waals surface area (Å²) >= 11 is 1.11. The molecule has 12 heteroatoms. The summed E-state index contributed by atoms with van der Waals surface area (Å²) in [6.45, 7) is 0.253. The molecule has 2 aliphatic heterocycles. The molecule has 10 nitrogen and oxygen atoms in total. The molecule has 2 N–H and O–H groups in total. The number of thioether (sulfide) groups is 1. The fraction of sp³-hybridized carbons (Fsp3) is 0.233. The number of benzene rings is 3. The molecule has 3 amide bonds. The molecule has 2 heterocycles. The third-order valence-corrected chi connectivity index (χ3v) is 7.55. The van der Waals surface area contributed by atoms with Crippen molar-refractivity contribution in [2.24, 2.45) is 9.98 Å². The van der Waals surface area contributed by atoms with Gasteiger partial charge in [0.25, 0.3) is 5.91 Å². The molecule has 216 valence electrons. The molecule has 1 unspecified atom stereocenters. The predicted octanol–water partition coefficient (Wildman–Crippen LogP) is 4.27. The Kier molecular flexibility index (Phi) is 8.82. The molecule has 0 radical (unpaired) electrons. The third kappa shape index (κ3) is 6.44. The number of hydrogen-bond donors (Lipinski definition) is 2. The van der Waals surface area contributed by atoms with Crippen molar-refractivity contribution in [3.8, 4) is 11.5 Å². The van der Waals surface area contributed by atoms with Crippen LogP contribution in [-0.2, 0) is 20.9 Å². The molecule has 5 rings (SSSR count). The van der Waals surface area contributed by atoms with Crippen molar-refractivity contribution in [1.29, 1.82) is 0 Å². The van der Waals surface area contributed by atoms with E-state index in [-0.39, 0.29) is 48.7 Å². The standard InChI is InChI=1S/C30H28FN5O5S/c1-40-20-11-13-25(41-2)24(15-20)33-27(38)17-42-30-35-22-6-4-3-5-21(22)28-34-23(29(39)36(28)30)12-14-26(37)32-16-18-7-9-19(31)10-8-18/h3-11,13,15,23H,12,14,16-17H2,1-2H3,(H,32,37)(H,33,38). The number of amidine groups is 2. The number of nitrogens with one attached hydrogen (secondary N) is 2. The molecule has 3 aromatic rings. The fourth-order valence-electron chi connectivity index (χ4n) is 4.47. The number of fused-ring (bicyclic) bond motifs is 3. The number of halogens is 1. The van der Waals surface area contributed by atoms with Gasteiger partial charge in [0.1, 0.15) is 29.2 Å². The minimum absolute atomic E-state index is 0.0329. The van der Waals surface area contributed by atoms with Crippen molar-refractivity contribution in [3.05, 3.63) is 83.7 Å². The van der Waals surface area contributed by atoms with Crippen LogP contribution in [0, 0.1) is 5.82 Å². The maximum absolute atomic E-state index is 13.5. The number of carbonyl (C=O) groups is 3. The molecule has 0 bridgehead atoms. The van der Waals surface area contributed by atoms with E-state index in [1.807, 2.05) is 24.3 Å². The first-order chi connectivity index (χ1) is 20.4. The number of rotatable bonds is 10. The highest BCUT2D eigenvalue weighted by molar-refractivity contribution is 8.14. The summed E-state index contributed by atoms with van der Waals surface area (Å²) in [6.07, 6.45) is 0.276. The number of anilines is 1. The number of para-hydroxylation sites is 1. The Morgan fingerprint density at radius 1 is 1.02 bits per heavy atom. The molecule has 0 saturated carbocycles. The fourth-order valence-corrected chi connectivity index (χ4v) is 5.27. The average molecular weight is 590 g/mol. The number of amides is 3. The molecule has 3 aromatic carbocycles. The van der Waals surface area contributed by atoms with E-state index >= 15 is 0 Å². The van der Waals surface area contributed by atoms with Crippen LogP contribution < -0.4 is 20.1 Å². The van der Waals surface area contributed by atoms with Gasteiger partial charge >= 0.3 is 0 Å². The predicted molar refractivity (Wildman–Crippen MR) is 159 cm³/mol. The average Bonchev–Trinajstić information content (AvgIpc) is 3.34. The number of hydrogen-bond acceptors (Lipinski definition) is 8. The first-order valence-corrected chi connectivity index (χ1v) is 14.1. The molecule has 0 aliphatic carbocycles. The summed E-state index contributed by atoms with van der Waals surface area (Å²) in [5.74, 6) is 0.220. The molecule has 0 saturated heterocycles. The van der Waals surface area contributed by atoms with E-state index in [1.54, 1.807) is 30.3 Å². The Bertz CT molecular complexity index is 1580. The van der Waals surface area contributed by atoms with Crippen LogP contribution in [0.5, 0.6) is 11.5 Å². The monoisotopic (exact) mass is 589 g/mol. The highest BCUT2D eigenvalue weighted by Gasteiger charge is 2.41. The molecular formula is C30H28FN5O5S. The number of nitrogens with zero attached hydrogens (tertiary/aromatic N) is 3. The lowest BCUT2D eigenvalue weighted by molar-refractivity contribution is -0.125. The van der Waals surface area contributed by atoms with Gasteiger partial charge < -0.3 is 20.1 Å². The minimum atomic E-state index is -0.775. The van der Waals surface area contributed by atoms with Gasteiger partial charge in [-0.1, -0.05) is 36.0 Å². The smallest absolute Gasteiger partial charge is 0.259 e. The number of methoxy groups -OCH3 is 2. The van der Waals surface area contributed by atoms with Gasteiger partial charge in [-0.15, -0.1) is 0 Å². The molecule has 0 spiro atoms. The summed E-state index contributed by atoms with van der Waals surface area (Å²) in [4.78, 5) is 49.6. The summed E-state index contributed by atoms with van der Waals surface area (Å²) in [5.41, 5.74) is 2.55. The Hall–Kier alpha value is -4.71. The van der Waals surface area contributed by atoms with E-state index in [1.165, 1.54) is 31.3 Å². The van der Waals surface area contributed by atoms with Crippen LogP contribution >= 0.6 is 11.8 Å². The zero-order chi connectivity index (χ0) is 29.6. The van der Waals surface area contributed by atoms with Gasteiger partial charge in [0.05, 0.1) is 31.3 Å². The van der Waals surface area contributed by atoms with Crippen molar-refractivity contribution in [1.82, 2.24) is 10.2 Å². The van der Waals surface area contributed by atoms with E-state index in [2.05, 4.69) is 20.6 Å². The second-order valence-corrected chi connectivity index (χ2v) is 10.3. The van der Waals surface area contributed by atoms with Crippen LogP contribution in [0.1, 0.15) is 24.0 Å². The summed E-state index contributed by atoms with van der Waals surface area (Å²) < 4.78 is 23.7. The van der Waals surface area contributed by atoms with E-state index < -0.39 is 6.04 Å². The lowest BCUT2D eigenvalue weighted by Gasteiger charge is -2.25. The Balaban J connectivity index is 1.24. The van der Waals surface area contributed by atoms with Gasteiger partial charge in [0, 0.05) is 24.6 Å². The van der Waals surface area contributed by atoms with Gasteiger partial charge in [-0.25, -0.2) is 14.3 Å². The zero-order valence-corrected chi connectivity index (χ0v) is 23.7. The van der Waals surface area contributed by atoms with Crippen LogP contribution in [0.3, 0.4) is 0 Å². The normalized spacial score (nSPS) is 15.3. The van der Waals surface area contributed by atoms with Crippen molar-refractivity contribution < 1.29 is 28.2 Å². The number of carbonyl (C=O) groups excluding carboxylic acids is 3. The van der Waals surface area contributed by atoms with E-state index in [4.69, 9.17) is 9.47 Å². The number of ether oxygens (including phenoxy) is 2. The van der Waals surface area contributed by atoms with Crippen LogP contribution in [0.15, 0.2) is 76.7 Å². The maximum atomic E-state index is 13.5. The van der Waals surface area contributed by atoms with E-state index in [0.29, 0.717) is 39.4 Å². The molecule has 42 heavy (non-hydrogen) atoms. The van der Waals surface area contributed by atoms with E-state index in [0.717, 1.165) is 17.3 Å². The first-order valence-electron chi connectivity index (χ1n) is 13.1. The highest BCUT2D eigenvalue weighted by Crippen LogP contribution is 2.35. The first kappa shape index (κ1) is 28.8. The lowest BCUT2D eigenvalue weighted by atomic mass is 10.1. The SMILES string of the molecule is COc1ccc(OC)c(NC(=O)CSC2=Nc3ccccc3C3=NC(CCC(=O)NCc4ccc(F)cc4)C(=O)N23)c1. The van der Waals surface area contributed by atoms with Crippen LogP contribution in [0.4, 0.5) is 15.8 Å². The molecule has 0 aromatic heterocycles. The molecular weight excluding hydrogens is 561 g/mol. The largest absolute Gasteiger partial charge is 0.497 e. The maximum Gasteiger partial charge on any atom is 0.259 e.